The minimum atomic E-state index is -0.722. The van der Waals surface area contributed by atoms with Crippen molar-refractivity contribution >= 4 is 46.6 Å². The molecule has 0 bridgehead atoms. The number of aromatic nitrogens is 3. The van der Waals surface area contributed by atoms with E-state index < -0.39 is 17.8 Å². The molecule has 0 aliphatic heterocycles. The smallest absolute Gasteiger partial charge is 0.324 e. The summed E-state index contributed by atoms with van der Waals surface area (Å²) in [6.07, 6.45) is 1.38. The summed E-state index contributed by atoms with van der Waals surface area (Å²) in [7, 11) is 1.48. The minimum absolute atomic E-state index is 0.0965. The number of anilines is 2. The molecule has 12 heteroatoms. The van der Waals surface area contributed by atoms with Gasteiger partial charge in [-0.2, -0.15) is 5.10 Å². The molecule has 4 aromatic rings. The second-order valence-electron chi connectivity index (χ2n) is 9.49. The molecule has 2 heterocycles. The molecule has 2 aromatic carbocycles. The summed E-state index contributed by atoms with van der Waals surface area (Å²) in [5.74, 6) is -0.632. The van der Waals surface area contributed by atoms with Gasteiger partial charge in [0.2, 0.25) is 0 Å². The SMILES string of the molecule is CNC(=O)c1cc(Oc2ccc(NC(=O)Nc3cc(C(C)(C)C)nn3-c3cc(Cl)cc(Cl)c3)cc2F)ccn1. The lowest BCUT2D eigenvalue weighted by Gasteiger charge is -2.14. The van der Waals surface area contributed by atoms with Crippen molar-refractivity contribution in [2.24, 2.45) is 0 Å². The molecule has 3 amide bonds. The normalized spacial score (nSPS) is 11.2. The first-order valence-corrected chi connectivity index (χ1v) is 12.5. The van der Waals surface area contributed by atoms with E-state index in [-0.39, 0.29) is 28.3 Å². The first-order valence-electron chi connectivity index (χ1n) is 11.7. The second kappa shape index (κ2) is 11.3. The third-order valence-corrected chi connectivity index (χ3v) is 5.86. The number of rotatable bonds is 6. The molecule has 0 aliphatic carbocycles. The van der Waals surface area contributed by atoms with Crippen molar-refractivity contribution in [2.45, 2.75) is 26.2 Å². The number of carbonyl (C=O) groups is 2. The van der Waals surface area contributed by atoms with E-state index in [1.807, 2.05) is 20.8 Å². The lowest BCUT2D eigenvalue weighted by atomic mass is 9.92. The van der Waals surface area contributed by atoms with Gasteiger partial charge in [-0.25, -0.2) is 13.9 Å². The van der Waals surface area contributed by atoms with Crippen LogP contribution in [-0.4, -0.2) is 33.8 Å². The first kappa shape index (κ1) is 27.9. The van der Waals surface area contributed by atoms with E-state index >= 15 is 0 Å². The average Bonchev–Trinajstić information content (AvgIpc) is 3.29. The van der Waals surface area contributed by atoms with E-state index in [1.165, 1.54) is 42.2 Å². The highest BCUT2D eigenvalue weighted by Gasteiger charge is 2.22. The predicted molar refractivity (Wildman–Crippen MR) is 149 cm³/mol. The number of urea groups is 1. The summed E-state index contributed by atoms with van der Waals surface area (Å²) in [5, 5.41) is 13.3. The Morgan fingerprint density at radius 1 is 0.974 bits per heavy atom. The average molecular weight is 571 g/mol. The van der Waals surface area contributed by atoms with Crippen molar-refractivity contribution < 1.29 is 18.7 Å². The maximum atomic E-state index is 14.8. The van der Waals surface area contributed by atoms with Crippen LogP contribution in [0, 0.1) is 5.82 Å². The number of ether oxygens (including phenoxy) is 1. The third kappa shape index (κ3) is 6.84. The summed E-state index contributed by atoms with van der Waals surface area (Å²) in [6.45, 7) is 5.98. The van der Waals surface area contributed by atoms with E-state index in [1.54, 1.807) is 24.3 Å². The fourth-order valence-electron chi connectivity index (χ4n) is 3.49. The summed E-state index contributed by atoms with van der Waals surface area (Å²) in [4.78, 5) is 28.6. The number of amides is 3. The highest BCUT2D eigenvalue weighted by Crippen LogP contribution is 2.30. The molecule has 0 saturated carbocycles. The lowest BCUT2D eigenvalue weighted by Crippen LogP contribution is -2.21. The maximum Gasteiger partial charge on any atom is 0.324 e. The molecule has 4 rings (SSSR count). The van der Waals surface area contributed by atoms with Crippen LogP contribution in [0.1, 0.15) is 37.0 Å². The predicted octanol–water partition coefficient (Wildman–Crippen LogP) is 6.81. The van der Waals surface area contributed by atoms with Crippen LogP contribution >= 0.6 is 23.2 Å². The van der Waals surface area contributed by atoms with E-state index in [2.05, 4.69) is 26.0 Å². The zero-order valence-corrected chi connectivity index (χ0v) is 23.0. The van der Waals surface area contributed by atoms with Crippen molar-refractivity contribution in [1.82, 2.24) is 20.1 Å². The van der Waals surface area contributed by atoms with Crippen LogP contribution in [0.25, 0.3) is 5.69 Å². The molecular weight excluding hydrogens is 546 g/mol. The van der Waals surface area contributed by atoms with Crippen molar-refractivity contribution in [3.05, 3.63) is 88.0 Å². The van der Waals surface area contributed by atoms with Gasteiger partial charge in [0.25, 0.3) is 5.91 Å². The number of nitrogens with one attached hydrogen (secondary N) is 3. The van der Waals surface area contributed by atoms with Crippen LogP contribution < -0.4 is 20.7 Å². The standard InChI is InChI=1S/C27H25Cl2FN6O3/c1-27(2,3)23-14-24(36(35-23)18-10-15(28)9-16(29)11-18)34-26(38)33-17-5-6-22(20(30)12-17)39-19-7-8-32-21(13-19)25(37)31-4/h5-14H,1-4H3,(H,31,37)(H2,33,34,38). The second-order valence-corrected chi connectivity index (χ2v) is 10.4. The molecule has 0 unspecified atom stereocenters. The number of carbonyl (C=O) groups excluding carboxylic acids is 2. The largest absolute Gasteiger partial charge is 0.454 e. The lowest BCUT2D eigenvalue weighted by molar-refractivity contribution is 0.0958. The molecular formula is C27H25Cl2FN6O3. The fraction of sp³-hybridized carbons (Fsp3) is 0.185. The highest BCUT2D eigenvalue weighted by molar-refractivity contribution is 6.34. The Bertz CT molecular complexity index is 1530. The molecule has 0 atom stereocenters. The molecule has 0 saturated heterocycles. The Morgan fingerprint density at radius 2 is 1.69 bits per heavy atom. The quantitative estimate of drug-likeness (QED) is 0.236. The van der Waals surface area contributed by atoms with Crippen molar-refractivity contribution in [2.75, 3.05) is 17.7 Å². The van der Waals surface area contributed by atoms with Gasteiger partial charge in [-0.05, 0) is 36.4 Å². The molecule has 0 fully saturated rings. The van der Waals surface area contributed by atoms with Gasteiger partial charge in [0.1, 0.15) is 17.3 Å². The number of pyridine rings is 1. The van der Waals surface area contributed by atoms with Crippen LogP contribution in [0.3, 0.4) is 0 Å². The molecule has 9 nitrogen and oxygen atoms in total. The third-order valence-electron chi connectivity index (χ3n) is 5.42. The molecule has 0 aliphatic rings. The maximum absolute atomic E-state index is 14.8. The van der Waals surface area contributed by atoms with Gasteiger partial charge in [-0.1, -0.05) is 44.0 Å². The van der Waals surface area contributed by atoms with E-state index in [0.29, 0.717) is 21.6 Å². The Morgan fingerprint density at radius 3 is 2.33 bits per heavy atom. The van der Waals surface area contributed by atoms with Crippen molar-refractivity contribution in [3.8, 4) is 17.2 Å². The Labute approximate surface area is 234 Å². The summed E-state index contributed by atoms with van der Waals surface area (Å²) in [5.41, 5.74) is 1.28. The van der Waals surface area contributed by atoms with Crippen LogP contribution in [0.5, 0.6) is 11.5 Å². The number of hydrogen-bond acceptors (Lipinski definition) is 5. The zero-order valence-electron chi connectivity index (χ0n) is 21.5. The van der Waals surface area contributed by atoms with Crippen LogP contribution in [0.4, 0.5) is 20.7 Å². The minimum Gasteiger partial charge on any atom is -0.454 e. The molecule has 39 heavy (non-hydrogen) atoms. The van der Waals surface area contributed by atoms with Crippen molar-refractivity contribution in [1.29, 1.82) is 0 Å². The molecule has 0 radical (unpaired) electrons. The molecule has 3 N–H and O–H groups in total. The first-order chi connectivity index (χ1) is 18.4. The topological polar surface area (TPSA) is 110 Å². The Hall–Kier alpha value is -4.15. The van der Waals surface area contributed by atoms with Crippen LogP contribution in [0.15, 0.2) is 60.8 Å². The number of benzene rings is 2. The fourth-order valence-corrected chi connectivity index (χ4v) is 4.00. The Balaban J connectivity index is 1.52. The van der Waals surface area contributed by atoms with Crippen molar-refractivity contribution in [3.63, 3.8) is 0 Å². The number of hydrogen-bond donors (Lipinski definition) is 3. The van der Waals surface area contributed by atoms with Crippen LogP contribution in [0.2, 0.25) is 10.0 Å². The van der Waals surface area contributed by atoms with Gasteiger partial charge in [0.15, 0.2) is 11.6 Å². The van der Waals surface area contributed by atoms with Gasteiger partial charge < -0.3 is 15.4 Å². The van der Waals surface area contributed by atoms with E-state index in [0.717, 1.165) is 11.8 Å². The molecule has 0 spiro atoms. The molecule has 202 valence electrons. The van der Waals surface area contributed by atoms with E-state index in [9.17, 15) is 14.0 Å². The zero-order chi connectivity index (χ0) is 28.3. The highest BCUT2D eigenvalue weighted by atomic mass is 35.5. The van der Waals surface area contributed by atoms with Gasteiger partial charge in [0.05, 0.1) is 11.4 Å². The summed E-state index contributed by atoms with van der Waals surface area (Å²) < 4.78 is 21.9. The monoisotopic (exact) mass is 570 g/mol. The number of halogens is 3. The van der Waals surface area contributed by atoms with Gasteiger partial charge >= 0.3 is 6.03 Å². The molecule has 2 aromatic heterocycles. The summed E-state index contributed by atoms with van der Waals surface area (Å²) in [6, 6.07) is 12.9. The van der Waals surface area contributed by atoms with E-state index in [4.69, 9.17) is 27.9 Å². The summed E-state index contributed by atoms with van der Waals surface area (Å²) >= 11 is 12.4. The van der Waals surface area contributed by atoms with Gasteiger partial charge in [0, 0.05) is 52.6 Å². The Kier molecular flexibility index (Phi) is 8.08. The van der Waals surface area contributed by atoms with Gasteiger partial charge in [-0.15, -0.1) is 0 Å². The van der Waals surface area contributed by atoms with Crippen LogP contribution in [-0.2, 0) is 5.41 Å². The number of nitrogens with zero attached hydrogens (tertiary/aromatic N) is 3. The van der Waals surface area contributed by atoms with Gasteiger partial charge in [-0.3, -0.25) is 15.1 Å².